The van der Waals surface area contributed by atoms with Crippen molar-refractivity contribution < 1.29 is 4.84 Å². The molecule has 0 aliphatic carbocycles. The third kappa shape index (κ3) is 3.50. The third-order valence-electron chi connectivity index (χ3n) is 3.09. The SMILES string of the molecule is Clc1cccc(NC2=NCCN2OCc2ccccn2)c1Cl. The van der Waals surface area contributed by atoms with Crippen LogP contribution in [0.1, 0.15) is 5.69 Å². The van der Waals surface area contributed by atoms with Crippen molar-refractivity contribution in [2.24, 2.45) is 4.99 Å². The minimum atomic E-state index is 0.380. The molecule has 2 heterocycles. The lowest BCUT2D eigenvalue weighted by Gasteiger charge is -2.20. The number of halogens is 2. The number of nitrogens with one attached hydrogen (secondary N) is 1. The average molecular weight is 337 g/mol. The summed E-state index contributed by atoms with van der Waals surface area (Å²) in [5.74, 6) is 0.611. The lowest BCUT2D eigenvalue weighted by atomic mass is 10.3. The molecule has 5 nitrogen and oxygen atoms in total. The number of hydroxylamine groups is 2. The fourth-order valence-corrected chi connectivity index (χ4v) is 2.36. The van der Waals surface area contributed by atoms with E-state index in [0.717, 1.165) is 5.69 Å². The molecule has 7 heteroatoms. The Hall–Kier alpha value is -1.82. The van der Waals surface area contributed by atoms with E-state index in [0.29, 0.717) is 41.4 Å². The maximum atomic E-state index is 6.17. The van der Waals surface area contributed by atoms with Crippen molar-refractivity contribution in [1.82, 2.24) is 10.0 Å². The summed E-state index contributed by atoms with van der Waals surface area (Å²) >= 11 is 12.2. The lowest BCUT2D eigenvalue weighted by Crippen LogP contribution is -2.33. The first-order valence-corrected chi connectivity index (χ1v) is 7.55. The number of aromatic nitrogens is 1. The molecule has 114 valence electrons. The lowest BCUT2D eigenvalue weighted by molar-refractivity contribution is -0.104. The summed E-state index contributed by atoms with van der Waals surface area (Å²) in [5, 5.41) is 5.80. The second kappa shape index (κ2) is 6.96. The van der Waals surface area contributed by atoms with Crippen LogP contribution in [0.4, 0.5) is 5.69 Å². The highest BCUT2D eigenvalue weighted by Crippen LogP contribution is 2.30. The van der Waals surface area contributed by atoms with Gasteiger partial charge in [-0.3, -0.25) is 9.82 Å². The van der Waals surface area contributed by atoms with Gasteiger partial charge in [0.25, 0.3) is 0 Å². The predicted molar refractivity (Wildman–Crippen MR) is 88.1 cm³/mol. The van der Waals surface area contributed by atoms with Crippen molar-refractivity contribution in [3.8, 4) is 0 Å². The van der Waals surface area contributed by atoms with Gasteiger partial charge in [0.15, 0.2) is 0 Å². The van der Waals surface area contributed by atoms with Gasteiger partial charge in [-0.25, -0.2) is 10.1 Å². The van der Waals surface area contributed by atoms with Gasteiger partial charge in [-0.1, -0.05) is 35.3 Å². The van der Waals surface area contributed by atoms with Crippen LogP contribution in [0.3, 0.4) is 0 Å². The van der Waals surface area contributed by atoms with Gasteiger partial charge in [0, 0.05) is 6.20 Å². The Kier molecular flexibility index (Phi) is 4.77. The van der Waals surface area contributed by atoms with Crippen LogP contribution in [0, 0.1) is 0 Å². The molecule has 2 aromatic rings. The van der Waals surface area contributed by atoms with Gasteiger partial charge in [-0.05, 0) is 24.3 Å². The summed E-state index contributed by atoms with van der Waals surface area (Å²) in [6, 6.07) is 11.1. The normalized spacial score (nSPS) is 14.1. The fourth-order valence-electron chi connectivity index (χ4n) is 2.01. The van der Waals surface area contributed by atoms with Gasteiger partial charge >= 0.3 is 0 Å². The minimum absolute atomic E-state index is 0.380. The molecule has 1 aromatic carbocycles. The summed E-state index contributed by atoms with van der Waals surface area (Å²) in [6.07, 6.45) is 1.74. The zero-order valence-electron chi connectivity index (χ0n) is 11.7. The largest absolute Gasteiger partial charge is 0.323 e. The molecule has 0 atom stereocenters. The van der Waals surface area contributed by atoms with Gasteiger partial charge < -0.3 is 5.32 Å². The summed E-state index contributed by atoms with van der Waals surface area (Å²) < 4.78 is 0. The first-order valence-electron chi connectivity index (χ1n) is 6.80. The van der Waals surface area contributed by atoms with Crippen molar-refractivity contribution in [3.05, 3.63) is 58.3 Å². The zero-order chi connectivity index (χ0) is 15.4. The Morgan fingerprint density at radius 2 is 2.09 bits per heavy atom. The van der Waals surface area contributed by atoms with Crippen LogP contribution >= 0.6 is 23.2 Å². The third-order valence-corrected chi connectivity index (χ3v) is 3.91. The van der Waals surface area contributed by atoms with E-state index in [2.05, 4.69) is 15.3 Å². The smallest absolute Gasteiger partial charge is 0.223 e. The van der Waals surface area contributed by atoms with Crippen LogP contribution in [0.25, 0.3) is 0 Å². The molecule has 22 heavy (non-hydrogen) atoms. The van der Waals surface area contributed by atoms with Crippen LogP contribution in [0.15, 0.2) is 47.6 Å². The van der Waals surface area contributed by atoms with Crippen molar-refractivity contribution in [1.29, 1.82) is 0 Å². The summed E-state index contributed by atoms with van der Waals surface area (Å²) in [6.45, 7) is 1.71. The Bertz CT molecular complexity index is 678. The first kappa shape index (κ1) is 15.1. The van der Waals surface area contributed by atoms with E-state index in [4.69, 9.17) is 28.0 Å². The van der Waals surface area contributed by atoms with E-state index in [-0.39, 0.29) is 0 Å². The van der Waals surface area contributed by atoms with E-state index in [9.17, 15) is 0 Å². The van der Waals surface area contributed by atoms with Gasteiger partial charge in [0.1, 0.15) is 6.61 Å². The maximum Gasteiger partial charge on any atom is 0.223 e. The molecule has 1 aliphatic rings. The highest BCUT2D eigenvalue weighted by atomic mass is 35.5. The van der Waals surface area contributed by atoms with Crippen LogP contribution in [0.2, 0.25) is 10.0 Å². The van der Waals surface area contributed by atoms with E-state index in [1.165, 1.54) is 0 Å². The molecule has 3 rings (SSSR count). The highest BCUT2D eigenvalue weighted by Gasteiger charge is 2.19. The minimum Gasteiger partial charge on any atom is -0.323 e. The predicted octanol–water partition coefficient (Wildman–Crippen LogP) is 3.60. The van der Waals surface area contributed by atoms with Gasteiger partial charge in [-0.15, -0.1) is 0 Å². The molecular formula is C15H14Cl2N4O. The number of guanidine groups is 1. The average Bonchev–Trinajstić information content (AvgIpc) is 2.98. The van der Waals surface area contributed by atoms with Crippen molar-refractivity contribution in [3.63, 3.8) is 0 Å². The number of nitrogens with zero attached hydrogens (tertiary/aromatic N) is 3. The highest BCUT2D eigenvalue weighted by molar-refractivity contribution is 6.44. The second-order valence-electron chi connectivity index (χ2n) is 4.63. The van der Waals surface area contributed by atoms with Crippen LogP contribution < -0.4 is 5.32 Å². The quantitative estimate of drug-likeness (QED) is 0.926. The monoisotopic (exact) mass is 336 g/mol. The second-order valence-corrected chi connectivity index (χ2v) is 5.41. The zero-order valence-corrected chi connectivity index (χ0v) is 13.2. The molecule has 0 saturated carbocycles. The number of benzene rings is 1. The van der Waals surface area contributed by atoms with Crippen molar-refractivity contribution in [2.75, 3.05) is 18.4 Å². The number of anilines is 1. The van der Waals surface area contributed by atoms with E-state index >= 15 is 0 Å². The Morgan fingerprint density at radius 3 is 2.91 bits per heavy atom. The molecule has 0 unspecified atom stereocenters. The number of pyridine rings is 1. The molecule has 1 aromatic heterocycles. The number of hydrogen-bond acceptors (Lipinski definition) is 5. The number of hydrogen-bond donors (Lipinski definition) is 1. The summed E-state index contributed by atoms with van der Waals surface area (Å²) in [4.78, 5) is 14.3. The van der Waals surface area contributed by atoms with E-state index < -0.39 is 0 Å². The van der Waals surface area contributed by atoms with Gasteiger partial charge in [-0.2, -0.15) is 0 Å². The summed E-state index contributed by atoms with van der Waals surface area (Å²) in [5.41, 5.74) is 1.55. The fraction of sp³-hybridized carbons (Fsp3) is 0.200. The molecule has 0 amide bonds. The Balaban J connectivity index is 1.64. The van der Waals surface area contributed by atoms with Gasteiger partial charge in [0.2, 0.25) is 5.96 Å². The topological polar surface area (TPSA) is 49.8 Å². The maximum absolute atomic E-state index is 6.17. The molecule has 0 saturated heterocycles. The number of aliphatic imine (C=N–C) groups is 1. The van der Waals surface area contributed by atoms with E-state index in [1.54, 1.807) is 17.3 Å². The van der Waals surface area contributed by atoms with Gasteiger partial charge in [0.05, 0.1) is 34.5 Å². The molecule has 0 fully saturated rings. The number of rotatable bonds is 4. The molecular weight excluding hydrogens is 323 g/mol. The van der Waals surface area contributed by atoms with E-state index in [1.807, 2.05) is 30.3 Å². The summed E-state index contributed by atoms with van der Waals surface area (Å²) in [7, 11) is 0. The van der Waals surface area contributed by atoms with Crippen molar-refractivity contribution >= 4 is 34.8 Å². The standard InChI is InChI=1S/C15H14Cl2N4O/c16-12-5-3-6-13(14(12)17)20-15-19-8-9-21(15)22-10-11-4-1-2-7-18-11/h1-7H,8-10H2,(H,19,20). The Morgan fingerprint density at radius 1 is 1.18 bits per heavy atom. The molecule has 0 bridgehead atoms. The van der Waals surface area contributed by atoms with Crippen LogP contribution in [-0.2, 0) is 11.4 Å². The van der Waals surface area contributed by atoms with Crippen LogP contribution in [-0.4, -0.2) is 29.1 Å². The van der Waals surface area contributed by atoms with Crippen LogP contribution in [0.5, 0.6) is 0 Å². The Labute approximate surface area is 138 Å². The molecule has 0 spiro atoms. The first-order chi connectivity index (χ1) is 10.7. The molecule has 1 aliphatic heterocycles. The molecule has 1 N–H and O–H groups in total. The molecule has 0 radical (unpaired) electrons. The van der Waals surface area contributed by atoms with Crippen molar-refractivity contribution in [2.45, 2.75) is 6.61 Å².